The molecular formula is C21H17BrFN3O2. The second kappa shape index (κ2) is 7.59. The van der Waals surface area contributed by atoms with Crippen LogP contribution in [-0.4, -0.2) is 17.5 Å². The normalized spacial score (nSPS) is 15.5. The van der Waals surface area contributed by atoms with Crippen LogP contribution >= 0.6 is 15.9 Å². The summed E-state index contributed by atoms with van der Waals surface area (Å²) in [6, 6.07) is 15.4. The number of carbonyl (C=O) groups excluding carboxylic acids is 1. The highest BCUT2D eigenvalue weighted by atomic mass is 79.9. The van der Waals surface area contributed by atoms with Crippen molar-refractivity contribution in [2.75, 3.05) is 16.8 Å². The summed E-state index contributed by atoms with van der Waals surface area (Å²) in [6.45, 7) is 2.47. The van der Waals surface area contributed by atoms with Gasteiger partial charge in [0.1, 0.15) is 11.6 Å². The van der Waals surface area contributed by atoms with Gasteiger partial charge < -0.3 is 10.1 Å². The van der Waals surface area contributed by atoms with Gasteiger partial charge in [-0.1, -0.05) is 15.9 Å². The minimum Gasteiger partial charge on any atom is -0.494 e. The number of anilines is 2. The van der Waals surface area contributed by atoms with Crippen LogP contribution in [0.1, 0.15) is 29.1 Å². The number of benzene rings is 2. The van der Waals surface area contributed by atoms with E-state index in [0.29, 0.717) is 28.0 Å². The molecule has 28 heavy (non-hydrogen) atoms. The first-order valence-corrected chi connectivity index (χ1v) is 9.60. The molecule has 2 heterocycles. The lowest BCUT2D eigenvalue weighted by Crippen LogP contribution is -2.32. The Labute approximate surface area is 170 Å². The Morgan fingerprint density at radius 1 is 1.21 bits per heavy atom. The summed E-state index contributed by atoms with van der Waals surface area (Å²) in [6.07, 6.45) is 0.998. The van der Waals surface area contributed by atoms with Crippen LogP contribution in [0.5, 0.6) is 5.75 Å². The van der Waals surface area contributed by atoms with Crippen molar-refractivity contribution in [3.05, 3.63) is 82.3 Å². The number of rotatable bonds is 5. The van der Waals surface area contributed by atoms with Gasteiger partial charge in [0, 0.05) is 16.4 Å². The Bertz CT molecular complexity index is 1030. The van der Waals surface area contributed by atoms with Crippen LogP contribution in [0.15, 0.2) is 65.3 Å². The molecule has 1 atom stereocenters. The van der Waals surface area contributed by atoms with Crippen molar-refractivity contribution in [3.8, 4) is 5.75 Å². The van der Waals surface area contributed by atoms with Crippen LogP contribution in [0.3, 0.4) is 0 Å². The lowest BCUT2D eigenvalue weighted by Gasteiger charge is -2.27. The van der Waals surface area contributed by atoms with Gasteiger partial charge in [-0.2, -0.15) is 0 Å². The van der Waals surface area contributed by atoms with Crippen LogP contribution in [0.25, 0.3) is 0 Å². The summed E-state index contributed by atoms with van der Waals surface area (Å²) in [5, 5.41) is 3.13. The molecule has 0 unspecified atom stereocenters. The Morgan fingerprint density at radius 3 is 2.71 bits per heavy atom. The topological polar surface area (TPSA) is 54.5 Å². The lowest BCUT2D eigenvalue weighted by molar-refractivity contribution is 0.0993. The Morgan fingerprint density at radius 2 is 2.00 bits per heavy atom. The van der Waals surface area contributed by atoms with Gasteiger partial charge >= 0.3 is 0 Å². The molecular weight excluding hydrogens is 425 g/mol. The maximum atomic E-state index is 14.4. The standard InChI is InChI=1S/C21H17BrFN3O2/c1-2-28-15-8-6-14(7-9-15)26-20(19-16(21(26)27)4-3-11-24-19)25-18-10-5-13(22)12-17(18)23/h3-12,20,25H,2H2,1H3/t20-/m1/s1. The quantitative estimate of drug-likeness (QED) is 0.594. The molecule has 1 aromatic heterocycles. The highest BCUT2D eigenvalue weighted by Gasteiger charge is 2.39. The summed E-state index contributed by atoms with van der Waals surface area (Å²) < 4.78 is 20.5. The molecule has 1 aliphatic rings. The molecule has 5 nitrogen and oxygen atoms in total. The Balaban J connectivity index is 1.74. The van der Waals surface area contributed by atoms with Crippen molar-refractivity contribution in [1.29, 1.82) is 0 Å². The van der Waals surface area contributed by atoms with Crippen LogP contribution < -0.4 is 15.0 Å². The number of pyridine rings is 1. The molecule has 142 valence electrons. The number of ether oxygens (including phenoxy) is 1. The summed E-state index contributed by atoms with van der Waals surface area (Å²) in [5.41, 5.74) is 2.01. The molecule has 0 saturated carbocycles. The number of amides is 1. The van der Waals surface area contributed by atoms with Gasteiger partial charge in [-0.15, -0.1) is 0 Å². The number of fused-ring (bicyclic) bond motifs is 1. The van der Waals surface area contributed by atoms with Crippen molar-refractivity contribution in [2.45, 2.75) is 13.1 Å². The van der Waals surface area contributed by atoms with E-state index in [1.807, 2.05) is 6.92 Å². The first-order chi connectivity index (χ1) is 13.6. The predicted molar refractivity (Wildman–Crippen MR) is 109 cm³/mol. The Hall–Kier alpha value is -2.93. The van der Waals surface area contributed by atoms with Crippen molar-refractivity contribution in [3.63, 3.8) is 0 Å². The van der Waals surface area contributed by atoms with Crippen LogP contribution in [0.4, 0.5) is 15.8 Å². The minimum absolute atomic E-state index is 0.192. The zero-order valence-electron chi connectivity index (χ0n) is 15.0. The molecule has 0 radical (unpaired) electrons. The van der Waals surface area contributed by atoms with Crippen LogP contribution in [0.2, 0.25) is 0 Å². The van der Waals surface area contributed by atoms with Gasteiger partial charge in [0.15, 0.2) is 6.17 Å². The molecule has 0 fully saturated rings. The molecule has 0 saturated heterocycles. The van der Waals surface area contributed by atoms with E-state index in [4.69, 9.17) is 4.74 Å². The van der Waals surface area contributed by atoms with Crippen molar-refractivity contribution in [1.82, 2.24) is 4.98 Å². The third-order valence-electron chi connectivity index (χ3n) is 4.45. The number of nitrogens with zero attached hydrogens (tertiary/aromatic N) is 2. The van der Waals surface area contributed by atoms with E-state index in [2.05, 4.69) is 26.2 Å². The fraction of sp³-hybridized carbons (Fsp3) is 0.143. The maximum Gasteiger partial charge on any atom is 0.262 e. The molecule has 1 amide bonds. The summed E-state index contributed by atoms with van der Waals surface area (Å²) in [4.78, 5) is 19.0. The molecule has 3 aromatic rings. The van der Waals surface area contributed by atoms with E-state index in [0.717, 1.165) is 5.75 Å². The van der Waals surface area contributed by atoms with E-state index >= 15 is 0 Å². The van der Waals surface area contributed by atoms with Gasteiger partial charge in [-0.25, -0.2) is 4.39 Å². The number of nitrogens with one attached hydrogen (secondary N) is 1. The molecule has 0 bridgehead atoms. The maximum absolute atomic E-state index is 14.4. The third-order valence-corrected chi connectivity index (χ3v) is 4.95. The average Bonchev–Trinajstić information content (AvgIpc) is 2.97. The monoisotopic (exact) mass is 441 g/mol. The summed E-state index contributed by atoms with van der Waals surface area (Å²) >= 11 is 3.26. The molecule has 1 N–H and O–H groups in total. The number of hydrogen-bond acceptors (Lipinski definition) is 4. The van der Waals surface area contributed by atoms with Gasteiger partial charge in [0.25, 0.3) is 5.91 Å². The highest BCUT2D eigenvalue weighted by molar-refractivity contribution is 9.10. The van der Waals surface area contributed by atoms with Crippen molar-refractivity contribution >= 4 is 33.2 Å². The SMILES string of the molecule is CCOc1ccc(N2C(=O)c3cccnc3[C@@H]2Nc2ccc(Br)cc2F)cc1. The van der Waals surface area contributed by atoms with Gasteiger partial charge in [0.05, 0.1) is 23.6 Å². The molecule has 2 aromatic carbocycles. The Kier molecular flexibility index (Phi) is 5.00. The molecule has 4 rings (SSSR count). The van der Waals surface area contributed by atoms with E-state index in [-0.39, 0.29) is 11.6 Å². The molecule has 0 spiro atoms. The second-order valence-corrected chi connectivity index (χ2v) is 7.12. The number of hydrogen-bond donors (Lipinski definition) is 1. The highest BCUT2D eigenvalue weighted by Crippen LogP contribution is 2.38. The first kappa shape index (κ1) is 18.4. The van der Waals surface area contributed by atoms with Crippen LogP contribution in [-0.2, 0) is 0 Å². The van der Waals surface area contributed by atoms with Crippen molar-refractivity contribution < 1.29 is 13.9 Å². The fourth-order valence-corrected chi connectivity index (χ4v) is 3.54. The minimum atomic E-state index is -0.627. The lowest BCUT2D eigenvalue weighted by atomic mass is 10.2. The number of carbonyl (C=O) groups is 1. The van der Waals surface area contributed by atoms with Gasteiger partial charge in [-0.05, 0) is 61.5 Å². The first-order valence-electron chi connectivity index (χ1n) is 8.81. The number of halogens is 2. The van der Waals surface area contributed by atoms with Gasteiger partial charge in [0.2, 0.25) is 0 Å². The predicted octanol–water partition coefficient (Wildman–Crippen LogP) is 5.15. The van der Waals surface area contributed by atoms with Crippen molar-refractivity contribution in [2.24, 2.45) is 0 Å². The van der Waals surface area contributed by atoms with E-state index in [1.54, 1.807) is 59.6 Å². The average molecular weight is 442 g/mol. The summed E-state index contributed by atoms with van der Waals surface area (Å²) in [7, 11) is 0. The zero-order chi connectivity index (χ0) is 19.7. The smallest absolute Gasteiger partial charge is 0.262 e. The zero-order valence-corrected chi connectivity index (χ0v) is 16.6. The fourth-order valence-electron chi connectivity index (χ4n) is 3.21. The summed E-state index contributed by atoms with van der Waals surface area (Å²) in [5.74, 6) is 0.108. The molecule has 7 heteroatoms. The molecule has 0 aliphatic carbocycles. The van der Waals surface area contributed by atoms with Crippen LogP contribution in [0, 0.1) is 5.82 Å². The largest absolute Gasteiger partial charge is 0.494 e. The second-order valence-electron chi connectivity index (χ2n) is 6.21. The van der Waals surface area contributed by atoms with Gasteiger partial charge in [-0.3, -0.25) is 14.7 Å². The van der Waals surface area contributed by atoms with E-state index in [1.165, 1.54) is 6.07 Å². The third kappa shape index (κ3) is 3.33. The number of aromatic nitrogens is 1. The van der Waals surface area contributed by atoms with E-state index in [9.17, 15) is 9.18 Å². The molecule has 1 aliphatic heterocycles. The van der Waals surface area contributed by atoms with E-state index < -0.39 is 12.0 Å².